The molecule has 1 unspecified atom stereocenters. The minimum atomic E-state index is -4.38. The van der Waals surface area contributed by atoms with Crippen molar-refractivity contribution in [3.8, 4) is 0 Å². The van der Waals surface area contributed by atoms with Crippen molar-refractivity contribution in [2.75, 3.05) is 48.3 Å². The average molecular weight is 422 g/mol. The highest BCUT2D eigenvalue weighted by Crippen LogP contribution is 2.32. The van der Waals surface area contributed by atoms with Crippen LogP contribution in [0.1, 0.15) is 12.0 Å². The van der Waals surface area contributed by atoms with Crippen molar-refractivity contribution < 1.29 is 26.4 Å². The van der Waals surface area contributed by atoms with Crippen LogP contribution in [0.25, 0.3) is 0 Å². The van der Waals surface area contributed by atoms with Gasteiger partial charge in [-0.1, -0.05) is 6.07 Å². The highest BCUT2D eigenvalue weighted by atomic mass is 32.2. The molecule has 1 aromatic carbocycles. The molecule has 0 N–H and O–H groups in total. The monoisotopic (exact) mass is 422 g/mol. The summed E-state index contributed by atoms with van der Waals surface area (Å²) in [5, 5.41) is -0.0228. The van der Waals surface area contributed by atoms with Crippen LogP contribution in [0.5, 0.6) is 0 Å². The molecule has 3 rings (SSSR count). The molecule has 0 spiro atoms. The fourth-order valence-corrected chi connectivity index (χ4v) is 6.81. The van der Waals surface area contributed by atoms with Crippen molar-refractivity contribution >= 4 is 33.2 Å². The van der Waals surface area contributed by atoms with Crippen LogP contribution in [0.2, 0.25) is 0 Å². The van der Waals surface area contributed by atoms with Gasteiger partial charge in [0, 0.05) is 37.1 Å². The van der Waals surface area contributed by atoms with Gasteiger partial charge in [0.05, 0.1) is 22.8 Å². The summed E-state index contributed by atoms with van der Waals surface area (Å²) in [4.78, 5) is 15.9. The van der Waals surface area contributed by atoms with Gasteiger partial charge in [0.1, 0.15) is 0 Å². The van der Waals surface area contributed by atoms with Gasteiger partial charge >= 0.3 is 6.18 Å². The Morgan fingerprint density at radius 2 is 1.89 bits per heavy atom. The molecular weight excluding hydrogens is 401 g/mol. The molecule has 27 heavy (non-hydrogen) atoms. The molecule has 2 fully saturated rings. The number of benzene rings is 1. The molecule has 2 heterocycles. The minimum absolute atomic E-state index is 0.0228. The minimum Gasteiger partial charge on any atom is -0.368 e. The predicted molar refractivity (Wildman–Crippen MR) is 99.8 cm³/mol. The highest BCUT2D eigenvalue weighted by Gasteiger charge is 2.32. The number of thioether (sulfide) groups is 1. The zero-order valence-corrected chi connectivity index (χ0v) is 16.2. The first kappa shape index (κ1) is 20.3. The number of amides is 1. The van der Waals surface area contributed by atoms with Gasteiger partial charge < -0.3 is 9.80 Å². The third-order valence-corrected chi connectivity index (χ3v) is 8.07. The predicted octanol–water partition coefficient (Wildman–Crippen LogP) is 2.27. The van der Waals surface area contributed by atoms with Crippen LogP contribution < -0.4 is 4.90 Å². The van der Waals surface area contributed by atoms with E-state index in [0.29, 0.717) is 38.3 Å². The van der Waals surface area contributed by atoms with E-state index in [2.05, 4.69) is 0 Å². The molecule has 1 atom stereocenters. The largest absolute Gasteiger partial charge is 0.416 e. The number of carbonyl (C=O) groups is 1. The lowest BCUT2D eigenvalue weighted by atomic mass is 10.1. The van der Waals surface area contributed by atoms with Gasteiger partial charge in [-0.15, -0.1) is 11.8 Å². The molecule has 2 aliphatic heterocycles. The molecule has 0 bridgehead atoms. The molecule has 150 valence electrons. The fourth-order valence-electron chi connectivity index (χ4n) is 3.27. The number of nitrogens with zero attached hydrogens (tertiary/aromatic N) is 2. The summed E-state index contributed by atoms with van der Waals surface area (Å²) in [5.74, 6) is 0.514. The van der Waals surface area contributed by atoms with Crippen LogP contribution in [0.4, 0.5) is 18.9 Å². The quantitative estimate of drug-likeness (QED) is 0.745. The van der Waals surface area contributed by atoms with Crippen molar-refractivity contribution in [3.05, 3.63) is 29.8 Å². The van der Waals surface area contributed by atoms with Gasteiger partial charge in [-0.25, -0.2) is 8.42 Å². The van der Waals surface area contributed by atoms with E-state index in [0.717, 1.165) is 12.1 Å². The third-order valence-electron chi connectivity index (χ3n) is 4.80. The van der Waals surface area contributed by atoms with Crippen LogP contribution in [0.3, 0.4) is 0 Å². The lowest BCUT2D eigenvalue weighted by molar-refractivity contribution is -0.137. The number of sulfone groups is 1. The lowest BCUT2D eigenvalue weighted by Crippen LogP contribution is -2.49. The molecule has 1 aromatic rings. The Labute approximate surface area is 160 Å². The van der Waals surface area contributed by atoms with Crippen molar-refractivity contribution in [1.82, 2.24) is 4.90 Å². The van der Waals surface area contributed by atoms with Crippen molar-refractivity contribution in [2.24, 2.45) is 0 Å². The average Bonchev–Trinajstić information content (AvgIpc) is 2.98. The summed E-state index contributed by atoms with van der Waals surface area (Å²) < 4.78 is 61.5. The molecule has 2 saturated heterocycles. The van der Waals surface area contributed by atoms with Crippen molar-refractivity contribution in [3.63, 3.8) is 0 Å². The van der Waals surface area contributed by atoms with Crippen molar-refractivity contribution in [2.45, 2.75) is 17.8 Å². The number of hydrogen-bond acceptors (Lipinski definition) is 5. The van der Waals surface area contributed by atoms with E-state index in [1.54, 1.807) is 11.0 Å². The van der Waals surface area contributed by atoms with Gasteiger partial charge in [-0.2, -0.15) is 13.2 Å². The number of piperazine rings is 1. The highest BCUT2D eigenvalue weighted by molar-refractivity contribution is 8.02. The number of rotatable bonds is 4. The SMILES string of the molecule is O=C(CSC1CCS(=O)(=O)C1)N1CCN(c2cccc(C(F)(F)F)c2)CC1. The molecule has 0 radical (unpaired) electrons. The summed E-state index contributed by atoms with van der Waals surface area (Å²) in [6.45, 7) is 1.82. The first-order valence-electron chi connectivity index (χ1n) is 8.66. The standard InChI is InChI=1S/C17H21F3N2O3S2/c18-17(19,20)13-2-1-3-14(10-13)21-5-7-22(8-6-21)16(23)11-26-15-4-9-27(24,25)12-15/h1-3,10,15H,4-9,11-12H2. The maximum absolute atomic E-state index is 12.9. The Morgan fingerprint density at radius 3 is 2.48 bits per heavy atom. The third kappa shape index (κ3) is 5.31. The summed E-state index contributed by atoms with van der Waals surface area (Å²) in [5.41, 5.74) is -0.177. The second kappa shape index (κ2) is 7.90. The zero-order chi connectivity index (χ0) is 19.7. The smallest absolute Gasteiger partial charge is 0.368 e. The first-order valence-corrected chi connectivity index (χ1v) is 11.5. The number of alkyl halides is 3. The Hall–Kier alpha value is -1.42. The van der Waals surface area contributed by atoms with Gasteiger partial charge in [-0.05, 0) is 24.6 Å². The van der Waals surface area contributed by atoms with Gasteiger partial charge in [0.2, 0.25) is 5.91 Å². The van der Waals surface area contributed by atoms with Crippen LogP contribution in [-0.2, 0) is 20.8 Å². The fraction of sp³-hybridized carbons (Fsp3) is 0.588. The first-order chi connectivity index (χ1) is 12.6. The Bertz CT molecular complexity index is 791. The second-order valence-corrected chi connectivity index (χ2v) is 10.3. The normalized spacial score (nSPS) is 22.9. The summed E-state index contributed by atoms with van der Waals surface area (Å²) in [6, 6.07) is 5.21. The molecular formula is C17H21F3N2O3S2. The van der Waals surface area contributed by atoms with Crippen LogP contribution in [0.15, 0.2) is 24.3 Å². The van der Waals surface area contributed by atoms with E-state index < -0.39 is 21.6 Å². The summed E-state index contributed by atoms with van der Waals surface area (Å²) >= 11 is 1.38. The number of halogens is 3. The summed E-state index contributed by atoms with van der Waals surface area (Å²) in [6.07, 6.45) is -3.79. The van der Waals surface area contributed by atoms with Crippen molar-refractivity contribution in [1.29, 1.82) is 0 Å². The number of anilines is 1. The van der Waals surface area contributed by atoms with E-state index in [-0.39, 0.29) is 28.4 Å². The topological polar surface area (TPSA) is 57.7 Å². The maximum Gasteiger partial charge on any atom is 0.416 e. The van der Waals surface area contributed by atoms with E-state index in [1.165, 1.54) is 17.8 Å². The van der Waals surface area contributed by atoms with Gasteiger partial charge in [0.25, 0.3) is 0 Å². The van der Waals surface area contributed by atoms with E-state index in [9.17, 15) is 26.4 Å². The molecule has 0 saturated carbocycles. The molecule has 5 nitrogen and oxygen atoms in total. The Balaban J connectivity index is 1.49. The Morgan fingerprint density at radius 1 is 1.19 bits per heavy atom. The maximum atomic E-state index is 12.9. The van der Waals surface area contributed by atoms with Crippen LogP contribution in [-0.4, -0.2) is 67.9 Å². The molecule has 0 aliphatic carbocycles. The molecule has 1 amide bonds. The zero-order valence-electron chi connectivity index (χ0n) is 14.6. The number of carbonyl (C=O) groups excluding carboxylic acids is 1. The van der Waals surface area contributed by atoms with Gasteiger partial charge in [0.15, 0.2) is 9.84 Å². The lowest BCUT2D eigenvalue weighted by Gasteiger charge is -2.36. The molecule has 10 heteroatoms. The molecule has 0 aromatic heterocycles. The van der Waals surface area contributed by atoms with Crippen LogP contribution >= 0.6 is 11.8 Å². The van der Waals surface area contributed by atoms with Gasteiger partial charge in [-0.3, -0.25) is 4.79 Å². The van der Waals surface area contributed by atoms with E-state index in [4.69, 9.17) is 0 Å². The van der Waals surface area contributed by atoms with E-state index >= 15 is 0 Å². The Kier molecular flexibility index (Phi) is 5.95. The van der Waals surface area contributed by atoms with Crippen LogP contribution in [0, 0.1) is 0 Å². The molecule has 2 aliphatic rings. The number of hydrogen-bond donors (Lipinski definition) is 0. The van der Waals surface area contributed by atoms with E-state index in [1.807, 2.05) is 4.90 Å². The summed E-state index contributed by atoms with van der Waals surface area (Å²) in [7, 11) is -2.95. The second-order valence-electron chi connectivity index (χ2n) is 6.75.